The molecule has 0 aliphatic heterocycles. The first-order chi connectivity index (χ1) is 35.7. The molecule has 3 unspecified atom stereocenters. The fourth-order valence-electron chi connectivity index (χ4n) is 10.1. The maximum atomic E-state index is 13.9. The van der Waals surface area contributed by atoms with Crippen molar-refractivity contribution in [3.8, 4) is 0 Å². The van der Waals surface area contributed by atoms with E-state index in [1.807, 2.05) is 0 Å². The Morgan fingerprint density at radius 3 is 0.932 bits per heavy atom. The summed E-state index contributed by atoms with van der Waals surface area (Å²) in [5.74, 6) is 2.68. The van der Waals surface area contributed by atoms with Gasteiger partial charge in [-0.2, -0.15) is 23.5 Å². The van der Waals surface area contributed by atoms with Gasteiger partial charge in [0, 0.05) is 23.7 Å². The van der Waals surface area contributed by atoms with Crippen molar-refractivity contribution >= 4 is 31.3 Å². The number of quaternary nitrogens is 1. The van der Waals surface area contributed by atoms with Gasteiger partial charge in [-0.25, -0.2) is 9.65 Å². The number of unbranched alkanes of at least 4 members (excludes halogenated alkanes) is 38. The van der Waals surface area contributed by atoms with Crippen molar-refractivity contribution in [1.82, 2.24) is 5.09 Å². The summed E-state index contributed by atoms with van der Waals surface area (Å²) in [6, 6.07) is 0. The van der Waals surface area contributed by atoms with Crippen molar-refractivity contribution in [2.45, 2.75) is 333 Å². The number of rotatable bonds is 64. The lowest BCUT2D eigenvalue weighted by Gasteiger charge is -2.25. The molecule has 10 heteroatoms. The topological polar surface area (TPSA) is 88.0 Å². The molecule has 0 rings (SSSR count). The van der Waals surface area contributed by atoms with Crippen LogP contribution in [-0.4, -0.2) is 97.4 Å². The molecule has 0 amide bonds. The van der Waals surface area contributed by atoms with Crippen LogP contribution in [0.15, 0.2) is 0 Å². The highest BCUT2D eigenvalue weighted by Gasteiger charge is 2.25. The summed E-state index contributed by atoms with van der Waals surface area (Å²) in [5.41, 5.74) is 0. The average Bonchev–Trinajstić information content (AvgIpc) is 3.37. The molecule has 3 atom stereocenters. The van der Waals surface area contributed by atoms with Gasteiger partial charge in [-0.3, -0.25) is 9.05 Å². The van der Waals surface area contributed by atoms with Crippen molar-refractivity contribution in [1.29, 1.82) is 0 Å². The van der Waals surface area contributed by atoms with Crippen molar-refractivity contribution in [2.24, 2.45) is 0 Å². The van der Waals surface area contributed by atoms with Crippen LogP contribution in [0, 0.1) is 0 Å². The maximum absolute atomic E-state index is 13.9. The molecule has 0 aromatic rings. The standard InChI is InChI=1S/C63H132N2O5PS2/c1-6-8-10-12-21-31-41-51-63(73-61-49-39-29-19-15-17-25-35-45-57-67)53-43-33-23-27-37-47-59-70-71(68,64-54-55-65(3,4)5)69-58-46-36-26-20-22-32-42-52-62(50-40-30-13-11-9-7-2)72-60-48-38-28-18-14-16-24-34-44-56-66/h62-63,66-67H,6-61H2,1-5H3,(H,64,68)/q+1. The molecule has 440 valence electrons. The minimum Gasteiger partial charge on any atom is -0.396 e. The number of aliphatic hydroxyl groups excluding tert-OH is 2. The van der Waals surface area contributed by atoms with E-state index in [-0.39, 0.29) is 0 Å². The van der Waals surface area contributed by atoms with Gasteiger partial charge in [-0.05, 0) is 75.7 Å². The second-order valence-electron chi connectivity index (χ2n) is 23.5. The zero-order valence-corrected chi connectivity index (χ0v) is 52.6. The summed E-state index contributed by atoms with van der Waals surface area (Å²) in [6.07, 6.45) is 63.2. The minimum absolute atomic E-state index is 0.351. The molecule has 0 saturated carbocycles. The van der Waals surface area contributed by atoms with Crippen LogP contribution >= 0.6 is 31.3 Å². The zero-order chi connectivity index (χ0) is 53.3. The predicted molar refractivity (Wildman–Crippen MR) is 330 cm³/mol. The first kappa shape index (κ1) is 73.7. The highest BCUT2D eigenvalue weighted by atomic mass is 32.2. The Bertz CT molecular complexity index is 1100. The van der Waals surface area contributed by atoms with Gasteiger partial charge in [0.05, 0.1) is 47.4 Å². The van der Waals surface area contributed by atoms with Crippen LogP contribution in [0.3, 0.4) is 0 Å². The molecule has 0 aromatic heterocycles. The van der Waals surface area contributed by atoms with Crippen molar-refractivity contribution < 1.29 is 28.3 Å². The lowest BCUT2D eigenvalue weighted by molar-refractivity contribution is -0.869. The number of nitrogens with zero attached hydrogens (tertiary/aromatic N) is 1. The molecule has 0 radical (unpaired) electrons. The summed E-state index contributed by atoms with van der Waals surface area (Å²) >= 11 is 4.58. The molecule has 0 aromatic carbocycles. The Morgan fingerprint density at radius 1 is 0.384 bits per heavy atom. The van der Waals surface area contributed by atoms with Crippen molar-refractivity contribution in [3.05, 3.63) is 0 Å². The Hall–Kier alpha value is 0.690. The lowest BCUT2D eigenvalue weighted by Crippen LogP contribution is -2.40. The average molecular weight is 1090 g/mol. The SMILES string of the molecule is CCCCCCCCCC(CCCCCCCCOP(=O)(NCC[N+](C)(C)C)OCCCCCCCCCC(CCCCCCCC)SCCCCCCCCCCCO)SCCCCCCCCCCCO. The molecule has 0 fully saturated rings. The third kappa shape index (κ3) is 58.7. The van der Waals surface area contributed by atoms with Gasteiger partial charge in [-0.15, -0.1) is 0 Å². The molecule has 0 bridgehead atoms. The van der Waals surface area contributed by atoms with Gasteiger partial charge in [0.15, 0.2) is 0 Å². The predicted octanol–water partition coefficient (Wildman–Crippen LogP) is 20.4. The summed E-state index contributed by atoms with van der Waals surface area (Å²) in [7, 11) is 3.18. The maximum Gasteiger partial charge on any atom is 0.405 e. The second-order valence-corrected chi connectivity index (χ2v) is 28.2. The van der Waals surface area contributed by atoms with E-state index in [0.717, 1.165) is 60.1 Å². The van der Waals surface area contributed by atoms with E-state index in [2.05, 4.69) is 63.6 Å². The highest BCUT2D eigenvalue weighted by Crippen LogP contribution is 2.44. The summed E-state index contributed by atoms with van der Waals surface area (Å²) in [5, 5.41) is 22.9. The number of aliphatic hydroxyl groups is 2. The zero-order valence-electron chi connectivity index (χ0n) is 50.1. The van der Waals surface area contributed by atoms with Crippen LogP contribution in [-0.2, 0) is 13.6 Å². The largest absolute Gasteiger partial charge is 0.405 e. The van der Waals surface area contributed by atoms with Gasteiger partial charge in [0.2, 0.25) is 0 Å². The third-order valence-corrected chi connectivity index (χ3v) is 19.6. The Labute approximate surface area is 466 Å². The van der Waals surface area contributed by atoms with Gasteiger partial charge >= 0.3 is 7.75 Å². The van der Waals surface area contributed by atoms with E-state index in [9.17, 15) is 4.57 Å². The fraction of sp³-hybridized carbons (Fsp3) is 1.00. The van der Waals surface area contributed by atoms with Crippen LogP contribution in [0.5, 0.6) is 0 Å². The molecule has 0 aliphatic carbocycles. The minimum atomic E-state index is -3.32. The third-order valence-electron chi connectivity index (χ3n) is 15.0. The van der Waals surface area contributed by atoms with Gasteiger partial charge in [0.1, 0.15) is 0 Å². The van der Waals surface area contributed by atoms with Crippen LogP contribution in [0.4, 0.5) is 0 Å². The molecule has 0 spiro atoms. The fourth-order valence-corrected chi connectivity index (χ4v) is 14.2. The van der Waals surface area contributed by atoms with E-state index in [0.29, 0.717) is 33.0 Å². The van der Waals surface area contributed by atoms with Crippen molar-refractivity contribution in [2.75, 3.05) is 72.2 Å². The van der Waals surface area contributed by atoms with Gasteiger partial charge < -0.3 is 14.7 Å². The number of hydrogen-bond donors (Lipinski definition) is 3. The molecular formula is C63H132N2O5PS2+. The van der Waals surface area contributed by atoms with E-state index in [4.69, 9.17) is 19.3 Å². The molecule has 0 saturated heterocycles. The number of likely N-dealkylation sites (N-methyl/N-ethyl adjacent to an activating group) is 1. The summed E-state index contributed by atoms with van der Waals surface area (Å²) < 4.78 is 26.8. The Balaban J connectivity index is 4.49. The molecular weight excluding hydrogens is 960 g/mol. The normalized spacial score (nSPS) is 13.8. The second kappa shape index (κ2) is 58.8. The molecule has 7 nitrogen and oxygen atoms in total. The smallest absolute Gasteiger partial charge is 0.396 e. The number of nitrogens with one attached hydrogen (secondary N) is 1. The molecule has 0 heterocycles. The molecule has 0 aliphatic rings. The first-order valence-corrected chi connectivity index (χ1v) is 36.2. The van der Waals surface area contributed by atoms with E-state index < -0.39 is 7.75 Å². The van der Waals surface area contributed by atoms with Crippen LogP contribution < -0.4 is 5.09 Å². The van der Waals surface area contributed by atoms with E-state index in [1.165, 1.54) is 281 Å². The Morgan fingerprint density at radius 2 is 0.644 bits per heavy atom. The van der Waals surface area contributed by atoms with E-state index >= 15 is 0 Å². The Kier molecular flexibility index (Phi) is 59.4. The first-order valence-electron chi connectivity index (χ1n) is 32.6. The lowest BCUT2D eigenvalue weighted by atomic mass is 10.0. The summed E-state index contributed by atoms with van der Waals surface area (Å²) in [6.45, 7) is 7.83. The quantitative estimate of drug-likeness (QED) is 0.0315. The number of hydrogen-bond acceptors (Lipinski definition) is 7. The van der Waals surface area contributed by atoms with Gasteiger partial charge in [0.25, 0.3) is 0 Å². The number of thioether (sulfide) groups is 2. The monoisotopic (exact) mass is 1090 g/mol. The van der Waals surface area contributed by atoms with Gasteiger partial charge in [-0.1, -0.05) is 258 Å². The summed E-state index contributed by atoms with van der Waals surface area (Å²) in [4.78, 5) is 0. The van der Waals surface area contributed by atoms with Crippen molar-refractivity contribution in [3.63, 3.8) is 0 Å². The van der Waals surface area contributed by atoms with E-state index in [1.54, 1.807) is 0 Å². The molecule has 3 N–H and O–H groups in total. The highest BCUT2D eigenvalue weighted by molar-refractivity contribution is 8.00. The van der Waals surface area contributed by atoms with Crippen LogP contribution in [0.25, 0.3) is 0 Å². The van der Waals surface area contributed by atoms with Crippen LogP contribution in [0.1, 0.15) is 322 Å². The van der Waals surface area contributed by atoms with Crippen LogP contribution in [0.2, 0.25) is 0 Å². The molecule has 73 heavy (non-hydrogen) atoms.